The zero-order chi connectivity index (χ0) is 23.9. The van der Waals surface area contributed by atoms with E-state index in [-0.39, 0.29) is 29.6 Å². The van der Waals surface area contributed by atoms with Crippen LogP contribution in [-0.4, -0.2) is 35.1 Å². The van der Waals surface area contributed by atoms with E-state index in [0.29, 0.717) is 11.7 Å². The summed E-state index contributed by atoms with van der Waals surface area (Å²) in [5.74, 6) is 2.21. The summed E-state index contributed by atoms with van der Waals surface area (Å²) in [6, 6.07) is 19.6. The van der Waals surface area contributed by atoms with E-state index in [1.807, 2.05) is 67.7 Å². The van der Waals surface area contributed by atoms with E-state index >= 15 is 0 Å². The first-order valence-electron chi connectivity index (χ1n) is 11.2. The van der Waals surface area contributed by atoms with E-state index in [4.69, 9.17) is 20.7 Å². The summed E-state index contributed by atoms with van der Waals surface area (Å²) in [7, 11) is 1.84. The molecule has 3 aromatic rings. The van der Waals surface area contributed by atoms with Gasteiger partial charge in [-0.15, -0.1) is 0 Å². The molecule has 1 aromatic heterocycles. The van der Waals surface area contributed by atoms with Crippen LogP contribution >= 0.6 is 0 Å². The molecule has 0 bridgehead atoms. The molecule has 2 aromatic carbocycles. The monoisotopic (exact) mass is 459 g/mol. The van der Waals surface area contributed by atoms with Gasteiger partial charge < -0.3 is 25.6 Å². The van der Waals surface area contributed by atoms with Crippen LogP contribution in [0.1, 0.15) is 43.3 Å². The average molecular weight is 460 g/mol. The lowest BCUT2D eigenvalue weighted by atomic mass is 9.87. The van der Waals surface area contributed by atoms with Gasteiger partial charge in [0.2, 0.25) is 17.7 Å². The Hall–Kier alpha value is -4.14. The quantitative estimate of drug-likeness (QED) is 0.406. The Kier molecular flexibility index (Phi) is 7.22. The fourth-order valence-corrected chi connectivity index (χ4v) is 3.83. The zero-order valence-electron chi connectivity index (χ0n) is 19.2. The lowest BCUT2D eigenvalue weighted by Gasteiger charge is -2.27. The lowest BCUT2D eigenvalue weighted by Crippen LogP contribution is -2.24. The van der Waals surface area contributed by atoms with Crippen LogP contribution in [-0.2, 0) is 0 Å². The maximum absolute atomic E-state index is 6.06. The van der Waals surface area contributed by atoms with E-state index in [2.05, 4.69) is 26.7 Å². The second-order valence-electron chi connectivity index (χ2n) is 8.14. The summed E-state index contributed by atoms with van der Waals surface area (Å²) in [5, 5.41) is 3.98. The van der Waals surface area contributed by atoms with Crippen molar-refractivity contribution < 1.29 is 9.26 Å². The van der Waals surface area contributed by atoms with Crippen molar-refractivity contribution in [3.63, 3.8) is 0 Å². The number of guanidine groups is 1. The molecule has 0 radical (unpaired) electrons. The first-order chi connectivity index (χ1) is 16.5. The van der Waals surface area contributed by atoms with Crippen LogP contribution in [0.15, 0.2) is 87.6 Å². The van der Waals surface area contributed by atoms with Crippen LogP contribution in [0.25, 0.3) is 0 Å². The third-order valence-electron chi connectivity index (χ3n) is 5.75. The Morgan fingerprint density at radius 1 is 1.00 bits per heavy atom. The minimum absolute atomic E-state index is 0.0347. The van der Waals surface area contributed by atoms with Gasteiger partial charge in [0.25, 0.3) is 0 Å². The van der Waals surface area contributed by atoms with Crippen LogP contribution in [0.4, 0.5) is 5.69 Å². The van der Waals surface area contributed by atoms with Crippen molar-refractivity contribution >= 4 is 17.5 Å². The summed E-state index contributed by atoms with van der Waals surface area (Å²) in [6.45, 7) is 3.94. The number of nitrogens with zero attached hydrogens (tertiary/aromatic N) is 5. The van der Waals surface area contributed by atoms with Gasteiger partial charge >= 0.3 is 0 Å². The minimum Gasteiger partial charge on any atom is -0.490 e. The second kappa shape index (κ2) is 10.7. The van der Waals surface area contributed by atoms with Crippen LogP contribution in [0.5, 0.6) is 5.75 Å². The molecule has 1 saturated carbocycles. The molecule has 4 rings (SSSR count). The molecular weight excluding hydrogens is 430 g/mol. The van der Waals surface area contributed by atoms with Crippen LogP contribution < -0.4 is 21.1 Å². The number of hydrogen-bond donors (Lipinski definition) is 2. The molecule has 1 aliphatic carbocycles. The molecule has 0 unspecified atom stereocenters. The highest BCUT2D eigenvalue weighted by molar-refractivity contribution is 6.02. The first-order valence-corrected chi connectivity index (χ1v) is 11.2. The van der Waals surface area contributed by atoms with E-state index in [0.717, 1.165) is 37.1 Å². The average Bonchev–Trinajstić information content (AvgIpc) is 3.36. The Morgan fingerprint density at radius 2 is 1.65 bits per heavy atom. The number of anilines is 1. The molecule has 176 valence electrons. The van der Waals surface area contributed by atoms with Crippen LogP contribution in [0.2, 0.25) is 0 Å². The smallest absolute Gasteiger partial charge is 0.237 e. The van der Waals surface area contributed by atoms with Gasteiger partial charge in [0, 0.05) is 18.7 Å². The highest BCUT2D eigenvalue weighted by atomic mass is 16.5. The van der Waals surface area contributed by atoms with E-state index in [9.17, 15) is 0 Å². The third kappa shape index (κ3) is 5.80. The van der Waals surface area contributed by atoms with Crippen LogP contribution in [0, 0.1) is 0 Å². The number of nitrogens with two attached hydrogens (primary N) is 2. The minimum atomic E-state index is -0.0461. The molecule has 34 heavy (non-hydrogen) atoms. The maximum atomic E-state index is 6.06. The van der Waals surface area contributed by atoms with Crippen molar-refractivity contribution in [2.75, 3.05) is 11.9 Å². The number of rotatable bonds is 7. The largest absolute Gasteiger partial charge is 0.490 e. The number of hydrogen-bond acceptors (Lipinski definition) is 6. The van der Waals surface area contributed by atoms with Gasteiger partial charge in [-0.3, -0.25) is 0 Å². The fourth-order valence-electron chi connectivity index (χ4n) is 3.83. The van der Waals surface area contributed by atoms with Crippen molar-refractivity contribution in [1.82, 2.24) is 10.1 Å². The molecule has 1 fully saturated rings. The molecule has 4 N–H and O–H groups in total. The molecule has 9 heteroatoms. The molecule has 1 aliphatic rings. The summed E-state index contributed by atoms with van der Waals surface area (Å²) in [5.41, 5.74) is 12.9. The number of amidine groups is 1. The SMILES string of the molecule is C=C(N=C(N)N=C(N)c1noc(C2CCC(Oc3ccccc3)CC2)n1)N(C)c1ccccc1. The Balaban J connectivity index is 1.34. The fraction of sp³-hybridized carbons (Fsp3) is 0.280. The molecule has 0 atom stereocenters. The van der Waals surface area contributed by atoms with Gasteiger partial charge in [0.15, 0.2) is 5.84 Å². The van der Waals surface area contributed by atoms with Gasteiger partial charge in [-0.25, -0.2) is 0 Å². The maximum Gasteiger partial charge on any atom is 0.237 e. The zero-order valence-corrected chi connectivity index (χ0v) is 19.2. The van der Waals surface area contributed by atoms with Crippen molar-refractivity contribution in [2.45, 2.75) is 37.7 Å². The normalized spacial score (nSPS) is 19.0. The Labute approximate surface area is 198 Å². The number of para-hydroxylation sites is 2. The van der Waals surface area contributed by atoms with Gasteiger partial charge in [-0.1, -0.05) is 48.1 Å². The predicted molar refractivity (Wildman–Crippen MR) is 133 cm³/mol. The van der Waals surface area contributed by atoms with E-state index < -0.39 is 0 Å². The summed E-state index contributed by atoms with van der Waals surface area (Å²) in [6.07, 6.45) is 3.80. The molecule has 0 amide bonds. The van der Waals surface area contributed by atoms with Crippen molar-refractivity contribution in [2.24, 2.45) is 21.5 Å². The Bertz CT molecular complexity index is 1150. The molecule has 1 heterocycles. The highest BCUT2D eigenvalue weighted by Crippen LogP contribution is 2.33. The van der Waals surface area contributed by atoms with E-state index in [1.165, 1.54) is 0 Å². The first kappa shape index (κ1) is 23.0. The standard InChI is InChI=1S/C25H29N7O2/c1-17(32(2)19-9-5-3-6-10-19)28-25(27)29-22(26)23-30-24(34-31-23)18-13-15-21(16-14-18)33-20-11-7-4-8-12-20/h3-12,18,21H,1,13-16H2,2H3,(H4,26,27,28,29). The van der Waals surface area contributed by atoms with Gasteiger partial charge in [-0.2, -0.15) is 15.0 Å². The lowest BCUT2D eigenvalue weighted by molar-refractivity contribution is 0.139. The molecule has 0 spiro atoms. The topological polar surface area (TPSA) is 128 Å². The number of aromatic nitrogens is 2. The summed E-state index contributed by atoms with van der Waals surface area (Å²) in [4.78, 5) is 14.6. The van der Waals surface area contributed by atoms with Gasteiger partial charge in [0.1, 0.15) is 11.6 Å². The number of benzene rings is 2. The molecule has 0 aliphatic heterocycles. The van der Waals surface area contributed by atoms with Gasteiger partial charge in [-0.05, 0) is 49.9 Å². The summed E-state index contributed by atoms with van der Waals surface area (Å²) < 4.78 is 11.5. The number of ether oxygens (including phenoxy) is 1. The molecule has 9 nitrogen and oxygen atoms in total. The molecular formula is C25H29N7O2. The summed E-state index contributed by atoms with van der Waals surface area (Å²) >= 11 is 0. The third-order valence-corrected chi connectivity index (χ3v) is 5.75. The Morgan fingerprint density at radius 3 is 2.32 bits per heavy atom. The van der Waals surface area contributed by atoms with Crippen LogP contribution in [0.3, 0.4) is 0 Å². The van der Waals surface area contributed by atoms with Crippen molar-refractivity contribution in [3.8, 4) is 5.75 Å². The predicted octanol–water partition coefficient (Wildman–Crippen LogP) is 3.80. The molecule has 0 saturated heterocycles. The second-order valence-corrected chi connectivity index (χ2v) is 8.14. The van der Waals surface area contributed by atoms with E-state index in [1.54, 1.807) is 4.90 Å². The van der Waals surface area contributed by atoms with Crippen molar-refractivity contribution in [3.05, 3.63) is 84.8 Å². The number of aliphatic imine (C=N–C) groups is 2. The highest BCUT2D eigenvalue weighted by Gasteiger charge is 2.28. The van der Waals surface area contributed by atoms with Gasteiger partial charge in [0.05, 0.1) is 6.10 Å². The van der Waals surface area contributed by atoms with Crippen molar-refractivity contribution in [1.29, 1.82) is 0 Å².